The first-order valence-electron chi connectivity index (χ1n) is 5.19. The van der Waals surface area contributed by atoms with Gasteiger partial charge in [0.05, 0.1) is 12.2 Å². The lowest BCUT2D eigenvalue weighted by Crippen LogP contribution is -2.44. The van der Waals surface area contributed by atoms with Crippen molar-refractivity contribution in [3.8, 4) is 0 Å². The highest BCUT2D eigenvalue weighted by atomic mass is 19.4. The molecule has 0 aliphatic carbocycles. The van der Waals surface area contributed by atoms with E-state index in [4.69, 9.17) is 5.11 Å². The van der Waals surface area contributed by atoms with Crippen molar-refractivity contribution in [1.82, 2.24) is 0 Å². The van der Waals surface area contributed by atoms with E-state index >= 15 is 0 Å². The minimum Gasteiger partial charge on any atom is -0.478 e. The van der Waals surface area contributed by atoms with E-state index in [9.17, 15) is 35.5 Å². The van der Waals surface area contributed by atoms with E-state index in [-0.39, 0.29) is 0 Å². The van der Waals surface area contributed by atoms with Crippen molar-refractivity contribution in [1.29, 1.82) is 0 Å². The Morgan fingerprint density at radius 1 is 1.10 bits per heavy atom. The Labute approximate surface area is 112 Å². The molecule has 1 aromatic carbocycles. The largest absolute Gasteiger partial charge is 0.478 e. The van der Waals surface area contributed by atoms with E-state index in [0.29, 0.717) is 12.1 Å². The Bertz CT molecular complexity index is 508. The summed E-state index contributed by atoms with van der Waals surface area (Å²) in [7, 11) is 0. The fourth-order valence-corrected chi connectivity index (χ4v) is 1.41. The fourth-order valence-electron chi connectivity index (χ4n) is 1.41. The van der Waals surface area contributed by atoms with Crippen LogP contribution in [-0.2, 0) is 11.3 Å². The average Bonchev–Trinajstić information content (AvgIpc) is 2.24. The second-order valence-electron chi connectivity index (χ2n) is 3.93. The molecule has 0 heterocycles. The zero-order valence-electron chi connectivity index (χ0n) is 9.93. The molecule has 0 amide bonds. The van der Waals surface area contributed by atoms with Crippen molar-refractivity contribution in [2.24, 2.45) is 0 Å². The molecular weight excluding hydrogens is 313 g/mol. The number of aromatic carboxylic acids is 1. The SMILES string of the molecule is O=C(O)c1cc(F)cc(COC(C(F)(F)F)C(F)(F)F)c1. The molecular formula is C11H7F7O3. The summed E-state index contributed by atoms with van der Waals surface area (Å²) in [5.74, 6) is -2.71. The predicted molar refractivity (Wildman–Crippen MR) is 54.0 cm³/mol. The highest BCUT2D eigenvalue weighted by Crippen LogP contribution is 2.36. The van der Waals surface area contributed by atoms with Crippen LogP contribution in [0.5, 0.6) is 0 Å². The predicted octanol–water partition coefficient (Wildman–Crippen LogP) is 3.53. The molecule has 0 bridgehead atoms. The van der Waals surface area contributed by atoms with Crippen LogP contribution in [-0.4, -0.2) is 29.5 Å². The van der Waals surface area contributed by atoms with Gasteiger partial charge in [-0.1, -0.05) is 0 Å². The molecule has 21 heavy (non-hydrogen) atoms. The summed E-state index contributed by atoms with van der Waals surface area (Å²) in [6, 6.07) is 1.86. The number of halogens is 7. The Hall–Kier alpha value is -1.84. The molecule has 0 saturated carbocycles. The van der Waals surface area contributed by atoms with Crippen molar-refractivity contribution in [3.63, 3.8) is 0 Å². The minimum atomic E-state index is -5.69. The molecule has 0 spiro atoms. The lowest BCUT2D eigenvalue weighted by molar-refractivity contribution is -0.324. The van der Waals surface area contributed by atoms with Gasteiger partial charge in [-0.15, -0.1) is 0 Å². The maximum Gasteiger partial charge on any atom is 0.423 e. The molecule has 1 aromatic rings. The quantitative estimate of drug-likeness (QED) is 0.863. The molecule has 118 valence electrons. The van der Waals surface area contributed by atoms with Crippen molar-refractivity contribution in [2.75, 3.05) is 0 Å². The van der Waals surface area contributed by atoms with Gasteiger partial charge < -0.3 is 9.84 Å². The topological polar surface area (TPSA) is 46.5 Å². The highest BCUT2D eigenvalue weighted by Gasteiger charge is 2.57. The Kier molecular flexibility index (Phi) is 4.82. The number of alkyl halides is 6. The maximum absolute atomic E-state index is 13.0. The van der Waals surface area contributed by atoms with Gasteiger partial charge >= 0.3 is 18.3 Å². The number of hydrogen-bond acceptors (Lipinski definition) is 2. The van der Waals surface area contributed by atoms with E-state index in [2.05, 4.69) is 4.74 Å². The maximum atomic E-state index is 13.0. The molecule has 0 atom stereocenters. The van der Waals surface area contributed by atoms with Crippen LogP contribution in [0.15, 0.2) is 18.2 Å². The normalized spacial score (nSPS) is 12.8. The van der Waals surface area contributed by atoms with Crippen LogP contribution in [0.2, 0.25) is 0 Å². The van der Waals surface area contributed by atoms with Gasteiger partial charge in [0.1, 0.15) is 5.82 Å². The van der Waals surface area contributed by atoms with Gasteiger partial charge in [-0.05, 0) is 23.8 Å². The molecule has 0 aliphatic rings. The van der Waals surface area contributed by atoms with Crippen LogP contribution < -0.4 is 0 Å². The molecule has 1 rings (SSSR count). The van der Waals surface area contributed by atoms with Gasteiger partial charge in [0.2, 0.25) is 6.10 Å². The molecule has 3 nitrogen and oxygen atoms in total. The van der Waals surface area contributed by atoms with Crippen molar-refractivity contribution < 1.29 is 45.4 Å². The van der Waals surface area contributed by atoms with Crippen LogP contribution in [0.3, 0.4) is 0 Å². The lowest BCUT2D eigenvalue weighted by Gasteiger charge is -2.23. The van der Waals surface area contributed by atoms with Gasteiger partial charge in [-0.25, -0.2) is 9.18 Å². The molecule has 0 aromatic heterocycles. The summed E-state index contributed by atoms with van der Waals surface area (Å²) in [4.78, 5) is 10.6. The number of carboxylic acids is 1. The van der Waals surface area contributed by atoms with E-state index in [0.717, 1.165) is 6.07 Å². The third-order valence-electron chi connectivity index (χ3n) is 2.22. The lowest BCUT2D eigenvalue weighted by atomic mass is 10.1. The van der Waals surface area contributed by atoms with E-state index < -0.39 is 48.0 Å². The fraction of sp³-hybridized carbons (Fsp3) is 0.364. The summed E-state index contributed by atoms with van der Waals surface area (Å²) < 4.78 is 89.9. The third kappa shape index (κ3) is 4.88. The van der Waals surface area contributed by atoms with E-state index in [1.54, 1.807) is 0 Å². The smallest absolute Gasteiger partial charge is 0.423 e. The van der Waals surface area contributed by atoms with Gasteiger partial charge in [0.25, 0.3) is 0 Å². The number of carboxylic acid groups (broad SMARTS) is 1. The Balaban J connectivity index is 2.93. The van der Waals surface area contributed by atoms with Crippen LogP contribution in [0.25, 0.3) is 0 Å². The summed E-state index contributed by atoms with van der Waals surface area (Å²) in [6.07, 6.45) is -15.4. The zero-order valence-corrected chi connectivity index (χ0v) is 9.93. The van der Waals surface area contributed by atoms with E-state index in [1.165, 1.54) is 0 Å². The molecule has 10 heteroatoms. The summed E-state index contributed by atoms with van der Waals surface area (Å²) >= 11 is 0. The second kappa shape index (κ2) is 5.88. The number of ether oxygens (including phenoxy) is 1. The van der Waals surface area contributed by atoms with Gasteiger partial charge in [-0.2, -0.15) is 26.3 Å². The zero-order chi connectivity index (χ0) is 16.4. The summed E-state index contributed by atoms with van der Waals surface area (Å²) in [5.41, 5.74) is -1.09. The third-order valence-corrected chi connectivity index (χ3v) is 2.22. The molecule has 1 N–H and O–H groups in total. The van der Waals surface area contributed by atoms with Crippen molar-refractivity contribution in [3.05, 3.63) is 35.1 Å². The number of hydrogen-bond donors (Lipinski definition) is 1. The second-order valence-corrected chi connectivity index (χ2v) is 3.93. The van der Waals surface area contributed by atoms with Crippen LogP contribution in [0.4, 0.5) is 30.7 Å². The molecule has 0 aliphatic heterocycles. The summed E-state index contributed by atoms with van der Waals surface area (Å²) in [5, 5.41) is 8.60. The van der Waals surface area contributed by atoms with Crippen LogP contribution >= 0.6 is 0 Å². The number of carbonyl (C=O) groups is 1. The standard InChI is InChI=1S/C11H7F7O3/c12-7-2-5(1-6(3-7)8(19)20)4-21-9(10(13,14)15)11(16,17)18/h1-3,9H,4H2,(H,19,20). The Morgan fingerprint density at radius 2 is 1.62 bits per heavy atom. The van der Waals surface area contributed by atoms with Gasteiger partial charge in [0, 0.05) is 0 Å². The number of benzene rings is 1. The first-order valence-corrected chi connectivity index (χ1v) is 5.19. The Morgan fingerprint density at radius 3 is 2.05 bits per heavy atom. The number of rotatable bonds is 4. The van der Waals surface area contributed by atoms with Crippen molar-refractivity contribution >= 4 is 5.97 Å². The molecule has 0 fully saturated rings. The minimum absolute atomic E-state index is 0.467. The average molecular weight is 320 g/mol. The molecule has 0 unspecified atom stereocenters. The molecule has 0 saturated heterocycles. The van der Waals surface area contributed by atoms with Crippen LogP contribution in [0, 0.1) is 5.82 Å². The van der Waals surface area contributed by atoms with Crippen LogP contribution in [0.1, 0.15) is 15.9 Å². The van der Waals surface area contributed by atoms with Crippen molar-refractivity contribution in [2.45, 2.75) is 25.1 Å². The highest BCUT2D eigenvalue weighted by molar-refractivity contribution is 5.87. The van der Waals surface area contributed by atoms with Gasteiger partial charge in [0.15, 0.2) is 0 Å². The first kappa shape index (κ1) is 17.2. The first-order chi connectivity index (χ1) is 9.41. The van der Waals surface area contributed by atoms with Gasteiger partial charge in [-0.3, -0.25) is 0 Å². The summed E-state index contributed by atoms with van der Waals surface area (Å²) in [6.45, 7) is -1.25. The monoisotopic (exact) mass is 320 g/mol. The molecule has 0 radical (unpaired) electrons. The van der Waals surface area contributed by atoms with E-state index in [1.807, 2.05) is 0 Å².